The van der Waals surface area contributed by atoms with Crippen LogP contribution >= 0.6 is 0 Å². The molecule has 0 unspecified atom stereocenters. The number of carbonyl (C=O) groups excluding carboxylic acids is 2. The predicted molar refractivity (Wildman–Crippen MR) is 93.3 cm³/mol. The molecule has 0 aromatic heterocycles. The molecule has 0 atom stereocenters. The second-order valence-corrected chi connectivity index (χ2v) is 6.00. The number of ether oxygens (including phenoxy) is 1. The Hall–Kier alpha value is -2.82. The summed E-state index contributed by atoms with van der Waals surface area (Å²) in [5, 5.41) is 5.67. The van der Waals surface area contributed by atoms with Crippen molar-refractivity contribution < 1.29 is 14.3 Å². The molecular formula is C19H20N2O3. The van der Waals surface area contributed by atoms with Crippen LogP contribution in [0.15, 0.2) is 48.5 Å². The summed E-state index contributed by atoms with van der Waals surface area (Å²) in [6, 6.07) is 14.8. The molecule has 3 rings (SSSR count). The van der Waals surface area contributed by atoms with Crippen LogP contribution in [0.25, 0.3) is 0 Å². The number of amides is 2. The average Bonchev–Trinajstić information content (AvgIpc) is 3.36. The zero-order chi connectivity index (χ0) is 17.2. The van der Waals surface area contributed by atoms with Crippen molar-refractivity contribution in [1.29, 1.82) is 0 Å². The van der Waals surface area contributed by atoms with E-state index in [1.807, 2.05) is 30.3 Å². The lowest BCUT2D eigenvalue weighted by Gasteiger charge is -2.18. The zero-order valence-corrected chi connectivity index (χ0v) is 13.8. The topological polar surface area (TPSA) is 67.4 Å². The van der Waals surface area contributed by atoms with Crippen molar-refractivity contribution >= 4 is 23.2 Å². The van der Waals surface area contributed by atoms with Gasteiger partial charge in [-0.15, -0.1) is 0 Å². The van der Waals surface area contributed by atoms with E-state index in [0.717, 1.165) is 24.2 Å². The highest BCUT2D eigenvalue weighted by Gasteiger charge is 2.52. The van der Waals surface area contributed by atoms with Gasteiger partial charge >= 0.3 is 0 Å². The molecule has 0 spiro atoms. The van der Waals surface area contributed by atoms with Gasteiger partial charge in [0.1, 0.15) is 5.75 Å². The Kier molecular flexibility index (Phi) is 4.25. The minimum Gasteiger partial charge on any atom is -0.496 e. The van der Waals surface area contributed by atoms with Gasteiger partial charge in [-0.25, -0.2) is 0 Å². The number of methoxy groups -OCH3 is 1. The van der Waals surface area contributed by atoms with Gasteiger partial charge < -0.3 is 15.4 Å². The third kappa shape index (κ3) is 3.11. The molecule has 0 bridgehead atoms. The molecular weight excluding hydrogens is 304 g/mol. The van der Waals surface area contributed by atoms with E-state index in [0.29, 0.717) is 11.4 Å². The highest BCUT2D eigenvalue weighted by Crippen LogP contribution is 2.52. The summed E-state index contributed by atoms with van der Waals surface area (Å²) >= 11 is 0. The summed E-state index contributed by atoms with van der Waals surface area (Å²) < 4.78 is 5.41. The Morgan fingerprint density at radius 2 is 1.67 bits per heavy atom. The maximum atomic E-state index is 12.8. The van der Waals surface area contributed by atoms with E-state index in [1.54, 1.807) is 25.3 Å². The number of carbonyl (C=O) groups is 2. The van der Waals surface area contributed by atoms with E-state index in [9.17, 15) is 9.59 Å². The first kappa shape index (κ1) is 16.1. The molecule has 0 radical (unpaired) electrons. The zero-order valence-electron chi connectivity index (χ0n) is 13.8. The van der Waals surface area contributed by atoms with Crippen molar-refractivity contribution in [2.75, 3.05) is 17.7 Å². The average molecular weight is 324 g/mol. The first-order valence-corrected chi connectivity index (χ1v) is 7.88. The molecule has 124 valence electrons. The van der Waals surface area contributed by atoms with Crippen LogP contribution in [-0.4, -0.2) is 18.9 Å². The molecule has 1 fully saturated rings. The Morgan fingerprint density at radius 3 is 2.29 bits per heavy atom. The van der Waals surface area contributed by atoms with E-state index in [1.165, 1.54) is 6.92 Å². The van der Waals surface area contributed by atoms with Crippen molar-refractivity contribution in [2.45, 2.75) is 25.2 Å². The largest absolute Gasteiger partial charge is 0.496 e. The normalized spacial score (nSPS) is 14.6. The maximum Gasteiger partial charge on any atom is 0.235 e. The monoisotopic (exact) mass is 324 g/mol. The quantitative estimate of drug-likeness (QED) is 0.886. The molecule has 2 N–H and O–H groups in total. The van der Waals surface area contributed by atoms with Crippen molar-refractivity contribution in [2.24, 2.45) is 0 Å². The first-order chi connectivity index (χ1) is 11.5. The molecule has 2 aromatic carbocycles. The van der Waals surface area contributed by atoms with Crippen molar-refractivity contribution in [3.8, 4) is 5.75 Å². The SMILES string of the molecule is COc1ccccc1C1(C(=O)Nc2cccc(NC(C)=O)c2)CC1. The van der Waals surface area contributed by atoms with Gasteiger partial charge in [0.2, 0.25) is 11.8 Å². The van der Waals surface area contributed by atoms with E-state index < -0.39 is 5.41 Å². The van der Waals surface area contributed by atoms with Gasteiger partial charge in [-0.2, -0.15) is 0 Å². The summed E-state index contributed by atoms with van der Waals surface area (Å²) in [5.74, 6) is 0.537. The molecule has 5 nitrogen and oxygen atoms in total. The number of anilines is 2. The van der Waals surface area contributed by atoms with Crippen molar-refractivity contribution in [1.82, 2.24) is 0 Å². The smallest absolute Gasteiger partial charge is 0.235 e. The lowest BCUT2D eigenvalue weighted by Crippen LogP contribution is -2.28. The fourth-order valence-electron chi connectivity index (χ4n) is 2.91. The molecule has 2 amide bonds. The summed E-state index contributed by atoms with van der Waals surface area (Å²) in [4.78, 5) is 24.0. The van der Waals surface area contributed by atoms with Crippen LogP contribution in [0.2, 0.25) is 0 Å². The van der Waals surface area contributed by atoms with Gasteiger partial charge in [0, 0.05) is 23.9 Å². The van der Waals surface area contributed by atoms with Crippen LogP contribution in [0.3, 0.4) is 0 Å². The van der Waals surface area contributed by atoms with E-state index in [-0.39, 0.29) is 11.8 Å². The van der Waals surface area contributed by atoms with Crippen LogP contribution in [0.5, 0.6) is 5.75 Å². The maximum absolute atomic E-state index is 12.8. The first-order valence-electron chi connectivity index (χ1n) is 7.88. The summed E-state index contributed by atoms with van der Waals surface area (Å²) in [6.45, 7) is 1.45. The summed E-state index contributed by atoms with van der Waals surface area (Å²) in [5.41, 5.74) is 1.70. The molecule has 1 saturated carbocycles. The predicted octanol–water partition coefficient (Wildman–Crippen LogP) is 3.32. The lowest BCUT2D eigenvalue weighted by atomic mass is 9.94. The van der Waals surface area contributed by atoms with Crippen molar-refractivity contribution in [3.63, 3.8) is 0 Å². The Bertz CT molecular complexity index is 782. The van der Waals surface area contributed by atoms with Gasteiger partial charge in [0.05, 0.1) is 12.5 Å². The van der Waals surface area contributed by atoms with E-state index in [2.05, 4.69) is 10.6 Å². The van der Waals surface area contributed by atoms with Gasteiger partial charge in [-0.1, -0.05) is 24.3 Å². The fraction of sp³-hybridized carbons (Fsp3) is 0.263. The number of hydrogen-bond donors (Lipinski definition) is 2. The van der Waals surface area contributed by atoms with Crippen molar-refractivity contribution in [3.05, 3.63) is 54.1 Å². The number of para-hydroxylation sites is 1. The molecule has 2 aromatic rings. The number of rotatable bonds is 5. The third-order valence-electron chi connectivity index (χ3n) is 4.25. The molecule has 5 heteroatoms. The van der Waals surface area contributed by atoms with Gasteiger partial charge in [0.15, 0.2) is 0 Å². The summed E-state index contributed by atoms with van der Waals surface area (Å²) in [6.07, 6.45) is 1.59. The molecule has 24 heavy (non-hydrogen) atoms. The standard InChI is InChI=1S/C19H20N2O3/c1-13(22)20-14-6-5-7-15(12-14)21-18(23)19(10-11-19)16-8-3-4-9-17(16)24-2/h3-9,12H,10-11H2,1-2H3,(H,20,22)(H,21,23). The fourth-order valence-corrected chi connectivity index (χ4v) is 2.91. The highest BCUT2D eigenvalue weighted by molar-refractivity contribution is 6.02. The molecule has 0 aliphatic heterocycles. The Balaban J connectivity index is 1.81. The van der Waals surface area contributed by atoms with Crippen LogP contribution in [0.4, 0.5) is 11.4 Å². The van der Waals surface area contributed by atoms with Crippen LogP contribution in [0, 0.1) is 0 Å². The highest BCUT2D eigenvalue weighted by atomic mass is 16.5. The number of benzene rings is 2. The van der Waals surface area contributed by atoms with Crippen LogP contribution < -0.4 is 15.4 Å². The number of nitrogens with one attached hydrogen (secondary N) is 2. The minimum atomic E-state index is -0.531. The van der Waals surface area contributed by atoms with Gasteiger partial charge in [-0.3, -0.25) is 9.59 Å². The lowest BCUT2D eigenvalue weighted by molar-refractivity contribution is -0.118. The Labute approximate surface area is 141 Å². The van der Waals surface area contributed by atoms with Gasteiger partial charge in [-0.05, 0) is 37.1 Å². The summed E-state index contributed by atoms with van der Waals surface area (Å²) in [7, 11) is 1.61. The molecule has 1 aliphatic carbocycles. The van der Waals surface area contributed by atoms with E-state index >= 15 is 0 Å². The van der Waals surface area contributed by atoms with Crippen LogP contribution in [0.1, 0.15) is 25.3 Å². The molecule has 0 saturated heterocycles. The minimum absolute atomic E-state index is 0.0491. The molecule has 0 heterocycles. The second-order valence-electron chi connectivity index (χ2n) is 6.00. The van der Waals surface area contributed by atoms with E-state index in [4.69, 9.17) is 4.74 Å². The van der Waals surface area contributed by atoms with Gasteiger partial charge in [0.25, 0.3) is 0 Å². The third-order valence-corrected chi connectivity index (χ3v) is 4.25. The van der Waals surface area contributed by atoms with Crippen LogP contribution in [-0.2, 0) is 15.0 Å². The second kappa shape index (κ2) is 6.35. The number of hydrogen-bond acceptors (Lipinski definition) is 3. The Morgan fingerprint density at radius 1 is 1.00 bits per heavy atom. The molecule has 1 aliphatic rings.